The fourth-order valence-corrected chi connectivity index (χ4v) is 3.26. The van der Waals surface area contributed by atoms with Gasteiger partial charge in [0.25, 0.3) is 5.91 Å². The fourth-order valence-electron chi connectivity index (χ4n) is 3.26. The molecule has 2 aliphatic rings. The van der Waals surface area contributed by atoms with Crippen LogP contribution in [0.3, 0.4) is 0 Å². The number of hydrogen-bond donors (Lipinski definition) is 0. The van der Waals surface area contributed by atoms with E-state index < -0.39 is 0 Å². The third-order valence-corrected chi connectivity index (χ3v) is 4.61. The Kier molecular flexibility index (Phi) is 5.00. The van der Waals surface area contributed by atoms with Gasteiger partial charge in [0, 0.05) is 26.2 Å². The molecule has 0 saturated carbocycles. The third-order valence-electron chi connectivity index (χ3n) is 4.61. The van der Waals surface area contributed by atoms with Crippen LogP contribution >= 0.6 is 0 Å². The molecule has 2 amide bonds. The number of aryl methyl sites for hydroxylation is 1. The largest absolute Gasteiger partial charge is 0.469 e. The van der Waals surface area contributed by atoms with E-state index in [0.29, 0.717) is 17.9 Å². The van der Waals surface area contributed by atoms with Crippen LogP contribution in [0.5, 0.6) is 0 Å². The molecule has 1 aromatic rings. The molecule has 1 atom stereocenters. The zero-order valence-electron chi connectivity index (χ0n) is 13.6. The second-order valence-corrected chi connectivity index (χ2v) is 6.30. The minimum absolute atomic E-state index is 0.0231. The number of carbonyl (C=O) groups is 2. The first-order valence-electron chi connectivity index (χ1n) is 8.38. The van der Waals surface area contributed by atoms with E-state index in [1.807, 2.05) is 4.90 Å². The monoisotopic (exact) mass is 320 g/mol. The summed E-state index contributed by atoms with van der Waals surface area (Å²) in [5.74, 6) is 0.454. The maximum Gasteiger partial charge on any atom is 0.257 e. The van der Waals surface area contributed by atoms with Gasteiger partial charge in [0.2, 0.25) is 5.91 Å². The van der Waals surface area contributed by atoms with Crippen LogP contribution in [0.15, 0.2) is 16.7 Å². The molecule has 126 valence electrons. The van der Waals surface area contributed by atoms with Crippen LogP contribution in [0, 0.1) is 6.92 Å². The highest BCUT2D eigenvalue weighted by Crippen LogP contribution is 2.18. The Hall–Kier alpha value is -1.82. The Bertz CT molecular complexity index is 557. The van der Waals surface area contributed by atoms with E-state index in [1.54, 1.807) is 17.9 Å². The zero-order valence-corrected chi connectivity index (χ0v) is 13.6. The summed E-state index contributed by atoms with van der Waals surface area (Å²) in [6, 6.07) is 1.67. The van der Waals surface area contributed by atoms with Crippen LogP contribution in [0.4, 0.5) is 0 Å². The van der Waals surface area contributed by atoms with Crippen molar-refractivity contribution in [3.8, 4) is 0 Å². The van der Waals surface area contributed by atoms with Gasteiger partial charge in [0.15, 0.2) is 0 Å². The molecule has 6 nitrogen and oxygen atoms in total. The molecule has 2 fully saturated rings. The Balaban J connectivity index is 1.71. The van der Waals surface area contributed by atoms with Crippen LogP contribution in [0.2, 0.25) is 0 Å². The number of nitrogens with zero attached hydrogens (tertiary/aromatic N) is 2. The minimum atomic E-state index is -0.153. The molecule has 23 heavy (non-hydrogen) atoms. The molecular weight excluding hydrogens is 296 g/mol. The predicted molar refractivity (Wildman–Crippen MR) is 84.1 cm³/mol. The molecule has 0 aromatic carbocycles. The molecular formula is C17H24N2O4. The van der Waals surface area contributed by atoms with Gasteiger partial charge in [0.05, 0.1) is 17.9 Å². The maximum absolute atomic E-state index is 12.8. The molecule has 2 saturated heterocycles. The first-order valence-corrected chi connectivity index (χ1v) is 8.38. The van der Waals surface area contributed by atoms with Gasteiger partial charge in [-0.2, -0.15) is 0 Å². The highest BCUT2D eigenvalue weighted by Gasteiger charge is 2.28. The Morgan fingerprint density at radius 2 is 2.09 bits per heavy atom. The molecule has 0 bridgehead atoms. The quantitative estimate of drug-likeness (QED) is 0.830. The van der Waals surface area contributed by atoms with E-state index in [1.165, 1.54) is 6.26 Å². The summed E-state index contributed by atoms with van der Waals surface area (Å²) in [6.07, 6.45) is 5.58. The first-order chi connectivity index (χ1) is 11.1. The summed E-state index contributed by atoms with van der Waals surface area (Å²) in [4.78, 5) is 28.7. The third kappa shape index (κ3) is 3.75. The molecule has 0 aliphatic carbocycles. The topological polar surface area (TPSA) is 63.0 Å². The van der Waals surface area contributed by atoms with Crippen molar-refractivity contribution >= 4 is 11.8 Å². The van der Waals surface area contributed by atoms with E-state index in [0.717, 1.165) is 45.4 Å². The van der Waals surface area contributed by atoms with E-state index >= 15 is 0 Å². The highest BCUT2D eigenvalue weighted by molar-refractivity contribution is 5.97. The van der Waals surface area contributed by atoms with E-state index in [2.05, 4.69) is 0 Å². The SMILES string of the molecule is Cc1occc1C(=O)N(CC(=O)N1CCCC1)C[C@H]1CCCO1. The molecule has 6 heteroatoms. The number of hydrogen-bond acceptors (Lipinski definition) is 4. The van der Waals surface area contributed by atoms with Crippen molar-refractivity contribution in [3.63, 3.8) is 0 Å². The summed E-state index contributed by atoms with van der Waals surface area (Å²) >= 11 is 0. The van der Waals surface area contributed by atoms with Crippen molar-refractivity contribution in [1.82, 2.24) is 9.80 Å². The predicted octanol–water partition coefficient (Wildman–Crippen LogP) is 1.83. The van der Waals surface area contributed by atoms with Gasteiger partial charge in [-0.1, -0.05) is 0 Å². The summed E-state index contributed by atoms with van der Waals surface area (Å²) in [5, 5.41) is 0. The second-order valence-electron chi connectivity index (χ2n) is 6.30. The number of furan rings is 1. The fraction of sp³-hybridized carbons (Fsp3) is 0.647. The minimum Gasteiger partial charge on any atom is -0.469 e. The number of amides is 2. The van der Waals surface area contributed by atoms with Gasteiger partial charge >= 0.3 is 0 Å². The number of carbonyl (C=O) groups excluding carboxylic acids is 2. The van der Waals surface area contributed by atoms with E-state index in [-0.39, 0.29) is 24.5 Å². The lowest BCUT2D eigenvalue weighted by Gasteiger charge is -2.27. The molecule has 2 aliphatic heterocycles. The lowest BCUT2D eigenvalue weighted by molar-refractivity contribution is -0.131. The zero-order chi connectivity index (χ0) is 16.2. The molecule has 0 unspecified atom stereocenters. The van der Waals surface area contributed by atoms with E-state index in [9.17, 15) is 9.59 Å². The lowest BCUT2D eigenvalue weighted by atomic mass is 10.2. The Morgan fingerprint density at radius 1 is 1.30 bits per heavy atom. The standard InChI is InChI=1S/C17H24N2O4/c1-13-15(6-10-22-13)17(21)19(11-14-5-4-9-23-14)12-16(20)18-7-2-3-8-18/h6,10,14H,2-5,7-9,11-12H2,1H3/t14-/m1/s1. The second kappa shape index (κ2) is 7.17. The summed E-state index contributed by atoms with van der Waals surface area (Å²) in [6.45, 7) is 4.67. The van der Waals surface area contributed by atoms with Crippen molar-refractivity contribution in [2.75, 3.05) is 32.8 Å². The molecule has 0 spiro atoms. The van der Waals surface area contributed by atoms with Crippen LogP contribution in [0.1, 0.15) is 41.8 Å². The lowest BCUT2D eigenvalue weighted by Crippen LogP contribution is -2.45. The van der Waals surface area contributed by atoms with Crippen LogP contribution in [-0.4, -0.2) is 60.5 Å². The van der Waals surface area contributed by atoms with Gasteiger partial charge in [0.1, 0.15) is 12.3 Å². The van der Waals surface area contributed by atoms with Gasteiger partial charge in [-0.15, -0.1) is 0 Å². The molecule has 1 aromatic heterocycles. The van der Waals surface area contributed by atoms with Crippen molar-refractivity contribution < 1.29 is 18.7 Å². The highest BCUT2D eigenvalue weighted by atomic mass is 16.5. The maximum atomic E-state index is 12.8. The van der Waals surface area contributed by atoms with Gasteiger partial charge in [-0.25, -0.2) is 0 Å². The smallest absolute Gasteiger partial charge is 0.257 e. The Morgan fingerprint density at radius 3 is 2.70 bits per heavy atom. The average Bonchev–Trinajstić information content (AvgIpc) is 3.28. The van der Waals surface area contributed by atoms with E-state index in [4.69, 9.17) is 9.15 Å². The summed E-state index contributed by atoms with van der Waals surface area (Å²) in [7, 11) is 0. The van der Waals surface area contributed by atoms with Crippen molar-refractivity contribution in [1.29, 1.82) is 0 Å². The molecule has 3 rings (SSSR count). The summed E-state index contributed by atoms with van der Waals surface area (Å²) in [5.41, 5.74) is 0.525. The Labute approximate surface area is 136 Å². The van der Waals surface area contributed by atoms with Gasteiger partial charge in [-0.05, 0) is 38.7 Å². The van der Waals surface area contributed by atoms with Gasteiger partial charge in [-0.3, -0.25) is 9.59 Å². The average molecular weight is 320 g/mol. The normalized spacial score (nSPS) is 20.9. The first kappa shape index (κ1) is 16.1. The van der Waals surface area contributed by atoms with Crippen LogP contribution in [-0.2, 0) is 9.53 Å². The number of ether oxygens (including phenoxy) is 1. The molecule has 0 N–H and O–H groups in total. The van der Waals surface area contributed by atoms with Gasteiger partial charge < -0.3 is 19.0 Å². The van der Waals surface area contributed by atoms with Crippen molar-refractivity contribution in [2.45, 2.75) is 38.7 Å². The van der Waals surface area contributed by atoms with Crippen LogP contribution < -0.4 is 0 Å². The number of rotatable bonds is 5. The van der Waals surface area contributed by atoms with Crippen LogP contribution in [0.25, 0.3) is 0 Å². The van der Waals surface area contributed by atoms with Crippen molar-refractivity contribution in [3.05, 3.63) is 23.7 Å². The number of likely N-dealkylation sites (tertiary alicyclic amines) is 1. The molecule has 0 radical (unpaired) electrons. The molecule has 3 heterocycles. The van der Waals surface area contributed by atoms with Crippen molar-refractivity contribution in [2.24, 2.45) is 0 Å². The summed E-state index contributed by atoms with van der Waals surface area (Å²) < 4.78 is 10.9.